The van der Waals surface area contributed by atoms with Crippen molar-refractivity contribution in [1.29, 1.82) is 0 Å². The Hall–Kier alpha value is -2.52. The smallest absolute Gasteiger partial charge is 0.308 e. The molecule has 1 aliphatic heterocycles. The van der Waals surface area contributed by atoms with Crippen molar-refractivity contribution < 1.29 is 19.5 Å². The fourth-order valence-electron chi connectivity index (χ4n) is 2.62. The van der Waals surface area contributed by atoms with Gasteiger partial charge in [0.25, 0.3) is 11.8 Å². The highest BCUT2D eigenvalue weighted by molar-refractivity contribution is 7.15. The van der Waals surface area contributed by atoms with Gasteiger partial charge in [0.2, 0.25) is 10.0 Å². The van der Waals surface area contributed by atoms with Gasteiger partial charge in [0.05, 0.1) is 5.92 Å². The van der Waals surface area contributed by atoms with Crippen LogP contribution in [0, 0.1) is 5.92 Å². The molecule has 1 unspecified atom stereocenters. The largest absolute Gasteiger partial charge is 0.481 e. The van der Waals surface area contributed by atoms with Crippen molar-refractivity contribution in [2.24, 2.45) is 5.92 Å². The quantitative estimate of drug-likeness (QED) is 0.823. The molecule has 0 spiro atoms. The Morgan fingerprint density at radius 2 is 1.88 bits per heavy atom. The van der Waals surface area contributed by atoms with Crippen LogP contribution in [0.2, 0.25) is 5.02 Å². The molecule has 1 aromatic heterocycles. The van der Waals surface area contributed by atoms with Gasteiger partial charge in [0.1, 0.15) is 0 Å². The molecule has 1 atom stereocenters. The maximum Gasteiger partial charge on any atom is 0.308 e. The summed E-state index contributed by atoms with van der Waals surface area (Å²) in [6.07, 6.45) is 1.16. The summed E-state index contributed by atoms with van der Waals surface area (Å²) in [7, 11) is 0. The first-order valence-electron chi connectivity index (χ1n) is 7.86. The van der Waals surface area contributed by atoms with Crippen LogP contribution < -0.4 is 5.32 Å². The van der Waals surface area contributed by atoms with E-state index in [1.54, 1.807) is 24.3 Å². The zero-order valence-corrected chi connectivity index (χ0v) is 15.1. The van der Waals surface area contributed by atoms with E-state index in [9.17, 15) is 14.4 Å². The van der Waals surface area contributed by atoms with E-state index in [0.29, 0.717) is 30.1 Å². The van der Waals surface area contributed by atoms with E-state index in [-0.39, 0.29) is 16.6 Å². The first kappa shape index (κ1) is 18.3. The summed E-state index contributed by atoms with van der Waals surface area (Å²) < 4.78 is 0. The van der Waals surface area contributed by atoms with Crippen molar-refractivity contribution in [3.05, 3.63) is 39.3 Å². The lowest BCUT2D eigenvalue weighted by atomic mass is 9.98. The average Bonchev–Trinajstić information content (AvgIpc) is 3.13. The third-order valence-corrected chi connectivity index (χ3v) is 5.12. The number of hydrogen-bond acceptors (Lipinski definition) is 6. The third kappa shape index (κ3) is 4.17. The van der Waals surface area contributed by atoms with Crippen LogP contribution in [0.1, 0.15) is 32.4 Å². The molecular weight excluding hydrogens is 380 g/mol. The number of hydrogen-bond donors (Lipinski definition) is 2. The van der Waals surface area contributed by atoms with Crippen LogP contribution in [0.5, 0.6) is 0 Å². The van der Waals surface area contributed by atoms with Gasteiger partial charge in [-0.25, -0.2) is 0 Å². The lowest BCUT2D eigenvalue weighted by Crippen LogP contribution is -2.42. The van der Waals surface area contributed by atoms with Crippen LogP contribution >= 0.6 is 22.9 Å². The highest BCUT2D eigenvalue weighted by atomic mass is 35.5. The number of rotatable bonds is 4. The zero-order valence-electron chi connectivity index (χ0n) is 13.5. The molecule has 10 heteroatoms. The minimum atomic E-state index is -0.914. The van der Waals surface area contributed by atoms with Gasteiger partial charge in [-0.15, -0.1) is 10.2 Å². The van der Waals surface area contributed by atoms with Gasteiger partial charge in [-0.2, -0.15) is 0 Å². The summed E-state index contributed by atoms with van der Waals surface area (Å²) in [5, 5.41) is 20.0. The molecule has 1 aliphatic rings. The number of likely N-dealkylation sites (tertiary alicyclic amines) is 1. The number of piperidine rings is 1. The van der Waals surface area contributed by atoms with Gasteiger partial charge in [0, 0.05) is 23.8 Å². The number of carboxylic acids is 1. The molecule has 2 N–H and O–H groups in total. The highest BCUT2D eigenvalue weighted by Gasteiger charge is 2.30. The Morgan fingerprint density at radius 3 is 2.58 bits per heavy atom. The molecule has 136 valence electrons. The molecule has 0 saturated carbocycles. The lowest BCUT2D eigenvalue weighted by Gasteiger charge is -2.29. The number of benzene rings is 1. The molecule has 0 aliphatic carbocycles. The predicted octanol–water partition coefficient (Wildman–Crippen LogP) is 2.38. The Balaban J connectivity index is 1.66. The lowest BCUT2D eigenvalue weighted by molar-refractivity contribution is -0.143. The Bertz CT molecular complexity index is 839. The van der Waals surface area contributed by atoms with E-state index >= 15 is 0 Å². The van der Waals surface area contributed by atoms with Crippen molar-refractivity contribution in [2.75, 3.05) is 18.4 Å². The SMILES string of the molecule is O=C(Nc1ccc(Cl)cc1)c1nnc(C(=O)N2CCCC(C(=O)O)C2)s1. The summed E-state index contributed by atoms with van der Waals surface area (Å²) in [6, 6.07) is 6.57. The van der Waals surface area contributed by atoms with E-state index < -0.39 is 23.7 Å². The van der Waals surface area contributed by atoms with Crippen LogP contribution in [0.25, 0.3) is 0 Å². The van der Waals surface area contributed by atoms with Crippen molar-refractivity contribution >= 4 is 46.4 Å². The Labute approximate surface area is 157 Å². The topological polar surface area (TPSA) is 112 Å². The maximum atomic E-state index is 12.5. The fourth-order valence-corrected chi connectivity index (χ4v) is 3.45. The predicted molar refractivity (Wildman–Crippen MR) is 95.6 cm³/mol. The second-order valence-electron chi connectivity index (χ2n) is 5.80. The first-order valence-corrected chi connectivity index (χ1v) is 9.06. The normalized spacial score (nSPS) is 17.0. The van der Waals surface area contributed by atoms with Crippen LogP contribution in [0.15, 0.2) is 24.3 Å². The van der Waals surface area contributed by atoms with Crippen molar-refractivity contribution in [2.45, 2.75) is 12.8 Å². The molecule has 26 heavy (non-hydrogen) atoms. The molecule has 2 aromatic rings. The van der Waals surface area contributed by atoms with E-state index in [1.807, 2.05) is 0 Å². The van der Waals surface area contributed by atoms with Crippen molar-refractivity contribution in [1.82, 2.24) is 15.1 Å². The highest BCUT2D eigenvalue weighted by Crippen LogP contribution is 2.21. The average molecular weight is 395 g/mol. The van der Waals surface area contributed by atoms with E-state index in [1.165, 1.54) is 4.90 Å². The number of nitrogens with zero attached hydrogens (tertiary/aromatic N) is 3. The van der Waals surface area contributed by atoms with Gasteiger partial charge in [-0.05, 0) is 37.1 Å². The molecule has 3 rings (SSSR count). The summed E-state index contributed by atoms with van der Waals surface area (Å²) >= 11 is 6.67. The first-order chi connectivity index (χ1) is 12.4. The number of amides is 2. The molecule has 8 nitrogen and oxygen atoms in total. The van der Waals surface area contributed by atoms with Crippen LogP contribution in [0.3, 0.4) is 0 Å². The van der Waals surface area contributed by atoms with Crippen LogP contribution in [0.4, 0.5) is 5.69 Å². The van der Waals surface area contributed by atoms with Gasteiger partial charge in [-0.1, -0.05) is 22.9 Å². The number of carbonyl (C=O) groups is 3. The van der Waals surface area contributed by atoms with Crippen molar-refractivity contribution in [3.63, 3.8) is 0 Å². The van der Waals surface area contributed by atoms with Crippen LogP contribution in [-0.2, 0) is 4.79 Å². The molecule has 1 fully saturated rings. The molecule has 2 heterocycles. The number of nitrogens with one attached hydrogen (secondary N) is 1. The Kier molecular flexibility index (Phi) is 5.48. The fraction of sp³-hybridized carbons (Fsp3) is 0.312. The van der Waals surface area contributed by atoms with Crippen LogP contribution in [-0.4, -0.2) is 51.1 Å². The van der Waals surface area contributed by atoms with E-state index in [0.717, 1.165) is 11.3 Å². The second kappa shape index (κ2) is 7.79. The van der Waals surface area contributed by atoms with Gasteiger partial charge < -0.3 is 15.3 Å². The monoisotopic (exact) mass is 394 g/mol. The molecule has 0 radical (unpaired) electrons. The minimum Gasteiger partial charge on any atom is -0.481 e. The third-order valence-electron chi connectivity index (χ3n) is 3.96. The molecular formula is C16H15ClN4O4S. The number of carbonyl (C=O) groups excluding carboxylic acids is 2. The summed E-state index contributed by atoms with van der Waals surface area (Å²) in [6.45, 7) is 0.606. The minimum absolute atomic E-state index is 0.0510. The molecule has 2 amide bonds. The number of carboxylic acid groups (broad SMARTS) is 1. The van der Waals surface area contributed by atoms with Crippen molar-refractivity contribution in [3.8, 4) is 0 Å². The number of halogens is 1. The summed E-state index contributed by atoms with van der Waals surface area (Å²) in [5.41, 5.74) is 0.544. The number of anilines is 1. The molecule has 1 aromatic carbocycles. The second-order valence-corrected chi connectivity index (χ2v) is 7.22. The molecule has 0 bridgehead atoms. The standard InChI is InChI=1S/C16H15ClN4O4S/c17-10-3-5-11(6-4-10)18-12(22)13-19-20-14(26-13)15(23)21-7-1-2-9(8-21)16(24)25/h3-6,9H,1-2,7-8H2,(H,18,22)(H,24,25). The van der Waals surface area contributed by atoms with E-state index in [2.05, 4.69) is 15.5 Å². The van der Waals surface area contributed by atoms with E-state index in [4.69, 9.17) is 16.7 Å². The maximum absolute atomic E-state index is 12.5. The summed E-state index contributed by atoms with van der Waals surface area (Å²) in [4.78, 5) is 37.3. The van der Waals surface area contributed by atoms with Gasteiger partial charge in [-0.3, -0.25) is 14.4 Å². The Morgan fingerprint density at radius 1 is 1.19 bits per heavy atom. The van der Waals surface area contributed by atoms with Gasteiger partial charge in [0.15, 0.2) is 0 Å². The summed E-state index contributed by atoms with van der Waals surface area (Å²) in [5.74, 6) is -2.37. The molecule has 1 saturated heterocycles. The van der Waals surface area contributed by atoms with Gasteiger partial charge >= 0.3 is 5.97 Å². The number of aromatic nitrogens is 2. The zero-order chi connectivity index (χ0) is 18.7. The number of aliphatic carboxylic acids is 1.